The highest BCUT2D eigenvalue weighted by Crippen LogP contribution is 2.33. The fourth-order valence-electron chi connectivity index (χ4n) is 2.00. The number of alkyl halides is 3. The molecule has 0 bridgehead atoms. The number of hydrogen-bond donors (Lipinski definition) is 2. The number of aliphatic hydroxyl groups excluding tert-OH is 1. The summed E-state index contributed by atoms with van der Waals surface area (Å²) in [6.07, 6.45) is -3.90. The monoisotopic (exact) mass is 261 g/mol. The van der Waals surface area contributed by atoms with Gasteiger partial charge in [-0.3, -0.25) is 0 Å². The smallest absolute Gasteiger partial charge is 0.396 e. The van der Waals surface area contributed by atoms with Gasteiger partial charge in [-0.05, 0) is 38.0 Å². The fourth-order valence-corrected chi connectivity index (χ4v) is 2.00. The molecular formula is C13H18F3NO. The van der Waals surface area contributed by atoms with Gasteiger partial charge in [0.2, 0.25) is 0 Å². The van der Waals surface area contributed by atoms with Crippen molar-refractivity contribution in [2.75, 3.05) is 6.61 Å². The third kappa shape index (κ3) is 3.71. The first-order valence-electron chi connectivity index (χ1n) is 5.73. The molecule has 0 saturated heterocycles. The Labute approximate surface area is 105 Å². The van der Waals surface area contributed by atoms with E-state index in [-0.39, 0.29) is 12.5 Å². The summed E-state index contributed by atoms with van der Waals surface area (Å²) in [5.74, 6) is -0.176. The summed E-state index contributed by atoms with van der Waals surface area (Å²) in [6, 6.07) is 4.95. The highest BCUT2D eigenvalue weighted by molar-refractivity contribution is 5.29. The normalized spacial score (nSPS) is 14.6. The van der Waals surface area contributed by atoms with Crippen LogP contribution in [0.1, 0.15) is 37.3 Å². The van der Waals surface area contributed by atoms with Crippen LogP contribution in [-0.4, -0.2) is 17.3 Å². The number of rotatable bonds is 4. The predicted octanol–water partition coefficient (Wildman–Crippen LogP) is 2.91. The van der Waals surface area contributed by atoms with Crippen molar-refractivity contribution < 1.29 is 18.3 Å². The maximum atomic E-state index is 12.4. The molecule has 1 aromatic rings. The van der Waals surface area contributed by atoms with Crippen LogP contribution in [0, 0.1) is 0 Å². The number of nitrogens with two attached hydrogens (primary N) is 1. The van der Waals surface area contributed by atoms with Crippen molar-refractivity contribution in [1.82, 2.24) is 0 Å². The first-order chi connectivity index (χ1) is 8.16. The molecule has 3 N–H and O–H groups in total. The molecule has 0 saturated carbocycles. The van der Waals surface area contributed by atoms with Gasteiger partial charge in [0.25, 0.3) is 0 Å². The van der Waals surface area contributed by atoms with E-state index >= 15 is 0 Å². The van der Waals surface area contributed by atoms with E-state index in [0.29, 0.717) is 12.0 Å². The Balaban J connectivity index is 3.02. The Morgan fingerprint density at radius 1 is 1.17 bits per heavy atom. The van der Waals surface area contributed by atoms with E-state index in [1.807, 2.05) is 0 Å². The molecule has 0 aliphatic heterocycles. The van der Waals surface area contributed by atoms with E-state index in [2.05, 4.69) is 0 Å². The highest BCUT2D eigenvalue weighted by atomic mass is 19.4. The molecule has 0 amide bonds. The number of benzene rings is 1. The van der Waals surface area contributed by atoms with Crippen molar-refractivity contribution in [3.8, 4) is 0 Å². The van der Waals surface area contributed by atoms with E-state index in [9.17, 15) is 13.2 Å². The number of aliphatic hydroxyl groups is 1. The molecule has 5 heteroatoms. The van der Waals surface area contributed by atoms with E-state index < -0.39 is 17.3 Å². The van der Waals surface area contributed by atoms with E-state index in [1.165, 1.54) is 12.1 Å². The second-order valence-corrected chi connectivity index (χ2v) is 5.01. The van der Waals surface area contributed by atoms with Crippen LogP contribution in [0.5, 0.6) is 0 Å². The van der Waals surface area contributed by atoms with Crippen molar-refractivity contribution in [1.29, 1.82) is 0 Å². The minimum atomic E-state index is -4.33. The standard InChI is InChI=1S/C13H18F3NO/c1-12(2,17)11(7-8-18)9-3-5-10(6-4-9)13(14,15)16/h3-6,11,18H,7-8,17H2,1-2H3. The van der Waals surface area contributed by atoms with Crippen molar-refractivity contribution in [3.05, 3.63) is 35.4 Å². The molecule has 102 valence electrons. The molecule has 1 unspecified atom stereocenters. The lowest BCUT2D eigenvalue weighted by atomic mass is 9.80. The number of hydrogen-bond acceptors (Lipinski definition) is 2. The molecule has 1 aromatic carbocycles. The molecule has 2 nitrogen and oxygen atoms in total. The van der Waals surface area contributed by atoms with Gasteiger partial charge in [0, 0.05) is 18.1 Å². The summed E-state index contributed by atoms with van der Waals surface area (Å²) in [7, 11) is 0. The van der Waals surface area contributed by atoms with Crippen molar-refractivity contribution in [2.24, 2.45) is 5.73 Å². The molecule has 0 aliphatic carbocycles. The zero-order valence-electron chi connectivity index (χ0n) is 10.5. The zero-order valence-corrected chi connectivity index (χ0v) is 10.5. The molecule has 18 heavy (non-hydrogen) atoms. The van der Waals surface area contributed by atoms with Gasteiger partial charge in [-0.25, -0.2) is 0 Å². The minimum absolute atomic E-state index is 0.0493. The van der Waals surface area contributed by atoms with Crippen molar-refractivity contribution >= 4 is 0 Å². The number of halogens is 3. The second-order valence-electron chi connectivity index (χ2n) is 5.01. The van der Waals surface area contributed by atoms with Gasteiger partial charge in [0.1, 0.15) is 0 Å². The Hall–Kier alpha value is -1.07. The van der Waals surface area contributed by atoms with Gasteiger partial charge in [-0.1, -0.05) is 12.1 Å². The first kappa shape index (κ1) is 15.0. The van der Waals surface area contributed by atoms with E-state index in [4.69, 9.17) is 10.8 Å². The molecular weight excluding hydrogens is 243 g/mol. The van der Waals surface area contributed by atoms with Crippen LogP contribution >= 0.6 is 0 Å². The van der Waals surface area contributed by atoms with Gasteiger partial charge >= 0.3 is 6.18 Å². The molecule has 1 atom stereocenters. The molecule has 0 heterocycles. The average molecular weight is 261 g/mol. The van der Waals surface area contributed by atoms with Crippen LogP contribution in [0.25, 0.3) is 0 Å². The van der Waals surface area contributed by atoms with Crippen LogP contribution in [0.4, 0.5) is 13.2 Å². The maximum Gasteiger partial charge on any atom is 0.416 e. The highest BCUT2D eigenvalue weighted by Gasteiger charge is 2.31. The van der Waals surface area contributed by atoms with Crippen molar-refractivity contribution in [2.45, 2.75) is 37.9 Å². The van der Waals surface area contributed by atoms with Gasteiger partial charge < -0.3 is 10.8 Å². The van der Waals surface area contributed by atoms with Crippen molar-refractivity contribution in [3.63, 3.8) is 0 Å². The average Bonchev–Trinajstić information content (AvgIpc) is 2.23. The Morgan fingerprint density at radius 3 is 2.00 bits per heavy atom. The molecule has 1 rings (SSSR count). The maximum absolute atomic E-state index is 12.4. The lowest BCUT2D eigenvalue weighted by molar-refractivity contribution is -0.137. The van der Waals surface area contributed by atoms with Gasteiger partial charge in [-0.15, -0.1) is 0 Å². The van der Waals surface area contributed by atoms with Crippen LogP contribution in [0.3, 0.4) is 0 Å². The quantitative estimate of drug-likeness (QED) is 0.875. The van der Waals surface area contributed by atoms with Crippen LogP contribution in [0.2, 0.25) is 0 Å². The molecule has 0 aliphatic rings. The third-order valence-corrected chi connectivity index (χ3v) is 2.96. The molecule has 0 spiro atoms. The van der Waals surface area contributed by atoms with Crippen LogP contribution < -0.4 is 5.73 Å². The van der Waals surface area contributed by atoms with Gasteiger partial charge in [0.15, 0.2) is 0 Å². The summed E-state index contributed by atoms with van der Waals surface area (Å²) in [5.41, 5.74) is 5.43. The SMILES string of the molecule is CC(C)(N)C(CCO)c1ccc(C(F)(F)F)cc1. The molecule has 0 fully saturated rings. The van der Waals surface area contributed by atoms with Gasteiger partial charge in [0.05, 0.1) is 5.56 Å². The molecule has 0 aromatic heterocycles. The summed E-state index contributed by atoms with van der Waals surface area (Å²) >= 11 is 0. The second kappa shape index (κ2) is 5.28. The largest absolute Gasteiger partial charge is 0.416 e. The Kier molecular flexibility index (Phi) is 4.40. The van der Waals surface area contributed by atoms with E-state index in [0.717, 1.165) is 12.1 Å². The van der Waals surface area contributed by atoms with Gasteiger partial charge in [-0.2, -0.15) is 13.2 Å². The predicted molar refractivity (Wildman–Crippen MR) is 64.2 cm³/mol. The lowest BCUT2D eigenvalue weighted by Crippen LogP contribution is -2.39. The summed E-state index contributed by atoms with van der Waals surface area (Å²) < 4.78 is 37.3. The fraction of sp³-hybridized carbons (Fsp3) is 0.538. The molecule has 0 radical (unpaired) electrons. The summed E-state index contributed by atoms with van der Waals surface area (Å²) in [6.45, 7) is 3.54. The zero-order chi connectivity index (χ0) is 14.0. The van der Waals surface area contributed by atoms with Crippen LogP contribution in [0.15, 0.2) is 24.3 Å². The summed E-state index contributed by atoms with van der Waals surface area (Å²) in [4.78, 5) is 0. The Bertz CT molecular complexity index is 379. The Morgan fingerprint density at radius 2 is 1.67 bits per heavy atom. The third-order valence-electron chi connectivity index (χ3n) is 2.96. The topological polar surface area (TPSA) is 46.2 Å². The minimum Gasteiger partial charge on any atom is -0.396 e. The first-order valence-corrected chi connectivity index (χ1v) is 5.73. The van der Waals surface area contributed by atoms with E-state index in [1.54, 1.807) is 13.8 Å². The van der Waals surface area contributed by atoms with Crippen LogP contribution in [-0.2, 0) is 6.18 Å². The summed E-state index contributed by atoms with van der Waals surface area (Å²) in [5, 5.41) is 9.01. The lowest BCUT2D eigenvalue weighted by Gasteiger charge is -2.30.